The predicted molar refractivity (Wildman–Crippen MR) is 77.3 cm³/mol. The number of amides is 1. The molecule has 0 fully saturated rings. The van der Waals surface area contributed by atoms with E-state index in [1.54, 1.807) is 23.5 Å². The Morgan fingerprint density at radius 3 is 2.89 bits per heavy atom. The highest BCUT2D eigenvalue weighted by molar-refractivity contribution is 7.20. The van der Waals surface area contributed by atoms with Gasteiger partial charge in [-0.25, -0.2) is 4.39 Å². The van der Waals surface area contributed by atoms with Crippen LogP contribution < -0.4 is 5.32 Å². The van der Waals surface area contributed by atoms with Crippen LogP contribution in [-0.4, -0.2) is 5.91 Å². The second-order valence-corrected chi connectivity index (χ2v) is 6.14. The van der Waals surface area contributed by atoms with Gasteiger partial charge in [-0.15, -0.1) is 22.7 Å². The van der Waals surface area contributed by atoms with Crippen LogP contribution in [-0.2, 0) is 6.54 Å². The Labute approximate surface area is 117 Å². The highest BCUT2D eigenvalue weighted by Gasteiger charge is 2.12. The van der Waals surface area contributed by atoms with E-state index in [2.05, 4.69) is 5.32 Å². The third kappa shape index (κ3) is 2.52. The van der Waals surface area contributed by atoms with Gasteiger partial charge in [0.15, 0.2) is 0 Å². The van der Waals surface area contributed by atoms with E-state index in [9.17, 15) is 9.18 Å². The van der Waals surface area contributed by atoms with Gasteiger partial charge in [-0.05, 0) is 29.6 Å². The lowest BCUT2D eigenvalue weighted by molar-refractivity contribution is 0.0955. The Hall–Kier alpha value is -1.72. The van der Waals surface area contributed by atoms with E-state index in [1.807, 2.05) is 23.6 Å². The fourth-order valence-electron chi connectivity index (χ4n) is 1.80. The second kappa shape index (κ2) is 5.11. The molecular formula is C14H10FNOS2. The molecule has 2 nitrogen and oxygen atoms in total. The fraction of sp³-hybridized carbons (Fsp3) is 0.0714. The molecule has 0 atom stereocenters. The topological polar surface area (TPSA) is 29.1 Å². The molecule has 0 saturated carbocycles. The highest BCUT2D eigenvalue weighted by Crippen LogP contribution is 2.27. The number of benzene rings is 1. The van der Waals surface area contributed by atoms with Crippen molar-refractivity contribution >= 4 is 38.7 Å². The quantitative estimate of drug-likeness (QED) is 0.775. The monoisotopic (exact) mass is 291 g/mol. The van der Waals surface area contributed by atoms with Crippen molar-refractivity contribution in [1.29, 1.82) is 0 Å². The molecule has 0 spiro atoms. The summed E-state index contributed by atoms with van der Waals surface area (Å²) in [6.07, 6.45) is 0. The summed E-state index contributed by atoms with van der Waals surface area (Å²) < 4.78 is 14.3. The van der Waals surface area contributed by atoms with Crippen molar-refractivity contribution in [2.24, 2.45) is 0 Å². The lowest BCUT2D eigenvalue weighted by atomic mass is 10.2. The Bertz CT molecular complexity index is 718. The van der Waals surface area contributed by atoms with E-state index in [1.165, 1.54) is 17.4 Å². The predicted octanol–water partition coefficient (Wildman–Crippen LogP) is 4.03. The molecule has 2 aromatic heterocycles. The molecule has 1 aromatic carbocycles. The Kier molecular flexibility index (Phi) is 3.31. The summed E-state index contributed by atoms with van der Waals surface area (Å²) in [5, 5.41) is 5.32. The fourth-order valence-corrected chi connectivity index (χ4v) is 3.44. The maximum atomic E-state index is 13.5. The Balaban J connectivity index is 1.80. The molecule has 19 heavy (non-hydrogen) atoms. The van der Waals surface area contributed by atoms with Crippen LogP contribution >= 0.6 is 22.7 Å². The third-order valence-corrected chi connectivity index (χ3v) is 4.71. The number of thiophene rings is 2. The van der Waals surface area contributed by atoms with Gasteiger partial charge in [0.1, 0.15) is 5.82 Å². The van der Waals surface area contributed by atoms with Crippen LogP contribution in [0.2, 0.25) is 0 Å². The van der Waals surface area contributed by atoms with Gasteiger partial charge in [0.2, 0.25) is 0 Å². The molecule has 96 valence electrons. The first-order valence-electron chi connectivity index (χ1n) is 5.72. The Morgan fingerprint density at radius 1 is 1.26 bits per heavy atom. The lowest BCUT2D eigenvalue weighted by Gasteiger charge is -2.00. The van der Waals surface area contributed by atoms with Crippen molar-refractivity contribution in [3.8, 4) is 0 Å². The number of halogens is 1. The van der Waals surface area contributed by atoms with Crippen molar-refractivity contribution in [2.75, 3.05) is 0 Å². The standard InChI is InChI=1S/C14H10FNOS2/c15-11-4-1-5-12-10(11)7-13(19-12)14(17)16-8-9-3-2-6-18-9/h1-7H,8H2,(H,16,17). The van der Waals surface area contributed by atoms with Crippen LogP contribution in [0.5, 0.6) is 0 Å². The van der Waals surface area contributed by atoms with Gasteiger partial charge in [-0.1, -0.05) is 12.1 Å². The summed E-state index contributed by atoms with van der Waals surface area (Å²) in [6, 6.07) is 10.4. The largest absolute Gasteiger partial charge is 0.346 e. The maximum absolute atomic E-state index is 13.5. The number of hydrogen-bond donors (Lipinski definition) is 1. The SMILES string of the molecule is O=C(NCc1cccs1)c1cc2c(F)cccc2s1. The van der Waals surface area contributed by atoms with Gasteiger partial charge >= 0.3 is 0 Å². The molecule has 0 radical (unpaired) electrons. The van der Waals surface area contributed by atoms with E-state index in [0.29, 0.717) is 16.8 Å². The molecule has 0 unspecified atom stereocenters. The molecule has 5 heteroatoms. The van der Waals surface area contributed by atoms with Gasteiger partial charge in [0.05, 0.1) is 11.4 Å². The van der Waals surface area contributed by atoms with E-state index in [0.717, 1.165) is 9.58 Å². The summed E-state index contributed by atoms with van der Waals surface area (Å²) in [6.45, 7) is 0.507. The third-order valence-electron chi connectivity index (χ3n) is 2.74. The number of carbonyl (C=O) groups is 1. The van der Waals surface area contributed by atoms with Crippen LogP contribution in [0.4, 0.5) is 4.39 Å². The molecular weight excluding hydrogens is 281 g/mol. The number of nitrogens with one attached hydrogen (secondary N) is 1. The summed E-state index contributed by atoms with van der Waals surface area (Å²) in [7, 11) is 0. The molecule has 0 aliphatic carbocycles. The lowest BCUT2D eigenvalue weighted by Crippen LogP contribution is -2.21. The summed E-state index contributed by atoms with van der Waals surface area (Å²) in [5.41, 5.74) is 0. The normalized spacial score (nSPS) is 10.8. The smallest absolute Gasteiger partial charge is 0.261 e. The van der Waals surface area contributed by atoms with Gasteiger partial charge in [0.25, 0.3) is 5.91 Å². The number of fused-ring (bicyclic) bond motifs is 1. The summed E-state index contributed by atoms with van der Waals surface area (Å²) in [4.78, 5) is 13.6. The molecule has 0 aliphatic heterocycles. The van der Waals surface area contributed by atoms with Crippen LogP contribution in [0.25, 0.3) is 10.1 Å². The minimum atomic E-state index is -0.286. The van der Waals surface area contributed by atoms with E-state index >= 15 is 0 Å². The van der Waals surface area contributed by atoms with Crippen LogP contribution in [0.1, 0.15) is 14.5 Å². The number of carbonyl (C=O) groups excluding carboxylic acids is 1. The second-order valence-electron chi connectivity index (χ2n) is 4.02. The number of rotatable bonds is 3. The molecule has 3 rings (SSSR count). The van der Waals surface area contributed by atoms with Crippen molar-refractivity contribution in [1.82, 2.24) is 5.32 Å². The average molecular weight is 291 g/mol. The zero-order valence-electron chi connectivity index (χ0n) is 9.85. The van der Waals surface area contributed by atoms with Crippen molar-refractivity contribution in [3.63, 3.8) is 0 Å². The first-order valence-corrected chi connectivity index (χ1v) is 7.42. The molecule has 0 saturated heterocycles. The van der Waals surface area contributed by atoms with E-state index in [-0.39, 0.29) is 11.7 Å². The van der Waals surface area contributed by atoms with Gasteiger partial charge < -0.3 is 5.32 Å². The highest BCUT2D eigenvalue weighted by atomic mass is 32.1. The zero-order valence-corrected chi connectivity index (χ0v) is 11.5. The van der Waals surface area contributed by atoms with Gasteiger partial charge in [0, 0.05) is 15.0 Å². The molecule has 0 aliphatic rings. The van der Waals surface area contributed by atoms with Crippen LogP contribution in [0, 0.1) is 5.82 Å². The molecule has 0 bridgehead atoms. The van der Waals surface area contributed by atoms with Crippen molar-refractivity contribution < 1.29 is 9.18 Å². The zero-order chi connectivity index (χ0) is 13.2. The first-order chi connectivity index (χ1) is 9.24. The minimum absolute atomic E-state index is 0.158. The Morgan fingerprint density at radius 2 is 2.16 bits per heavy atom. The van der Waals surface area contributed by atoms with E-state index < -0.39 is 0 Å². The average Bonchev–Trinajstić information content (AvgIpc) is 3.05. The minimum Gasteiger partial charge on any atom is -0.346 e. The van der Waals surface area contributed by atoms with Crippen LogP contribution in [0.3, 0.4) is 0 Å². The van der Waals surface area contributed by atoms with Gasteiger partial charge in [-0.2, -0.15) is 0 Å². The molecule has 1 amide bonds. The summed E-state index contributed by atoms with van der Waals surface area (Å²) >= 11 is 2.90. The van der Waals surface area contributed by atoms with Crippen molar-refractivity contribution in [2.45, 2.75) is 6.54 Å². The van der Waals surface area contributed by atoms with E-state index in [4.69, 9.17) is 0 Å². The van der Waals surface area contributed by atoms with Gasteiger partial charge in [-0.3, -0.25) is 4.79 Å². The molecule has 3 aromatic rings. The maximum Gasteiger partial charge on any atom is 0.261 e. The first kappa shape index (κ1) is 12.3. The number of hydrogen-bond acceptors (Lipinski definition) is 3. The van der Waals surface area contributed by atoms with Crippen LogP contribution in [0.15, 0.2) is 41.8 Å². The summed E-state index contributed by atoms with van der Waals surface area (Å²) in [5.74, 6) is -0.444. The molecule has 1 N–H and O–H groups in total. The molecule has 2 heterocycles. The van der Waals surface area contributed by atoms with Crippen molar-refractivity contribution in [3.05, 3.63) is 57.3 Å².